The van der Waals surface area contributed by atoms with Crippen LogP contribution in [-0.2, 0) is 39.6 Å². The van der Waals surface area contributed by atoms with Gasteiger partial charge < -0.3 is 14.2 Å². The van der Waals surface area contributed by atoms with E-state index in [4.69, 9.17) is 14.2 Å². The molecule has 0 aliphatic carbocycles. The largest absolute Gasteiger partial charge is 0.422 e. The molecule has 31 heavy (non-hydrogen) atoms. The number of halogens is 3. The molecule has 3 aliphatic rings. The molecule has 0 spiro atoms. The molecule has 2 bridgehead atoms. The number of hydrogen-bond donors (Lipinski definition) is 0. The minimum absolute atomic E-state index is 0.245. The minimum Gasteiger partial charge on any atom is -0.422 e. The molecule has 3 heterocycles. The molecular weight excluding hydrogens is 423 g/mol. The summed E-state index contributed by atoms with van der Waals surface area (Å²) >= 11 is 0. The van der Waals surface area contributed by atoms with E-state index >= 15 is 0 Å². The second kappa shape index (κ2) is 6.91. The van der Waals surface area contributed by atoms with Gasteiger partial charge in [-0.05, 0) is 24.3 Å². The van der Waals surface area contributed by atoms with E-state index in [0.29, 0.717) is 11.0 Å². The van der Waals surface area contributed by atoms with Crippen molar-refractivity contribution in [1.29, 1.82) is 0 Å². The first-order valence-corrected chi connectivity index (χ1v) is 9.22. The number of ether oxygens (including phenoxy) is 3. The summed E-state index contributed by atoms with van der Waals surface area (Å²) in [5.41, 5.74) is -3.03. The van der Waals surface area contributed by atoms with Gasteiger partial charge in [0.2, 0.25) is 11.8 Å². The third-order valence-electron chi connectivity index (χ3n) is 5.42. The molecule has 2 fully saturated rings. The Balaban J connectivity index is 1.74. The fourth-order valence-corrected chi connectivity index (χ4v) is 4.29. The fraction of sp³-hybridized carbons (Fsp3) is 0.400. The SMILES string of the molecule is CC(=O)OC(OC(C)=O)[C@@]12C=C[C@@H](O1)[C@H]1C(=O)N(c3cccc(C(F)(F)F)c3)C(=O)[C@H]12. The predicted molar refractivity (Wildman–Crippen MR) is 95.0 cm³/mol. The quantitative estimate of drug-likeness (QED) is 0.306. The number of fused-ring (bicyclic) bond motifs is 5. The summed E-state index contributed by atoms with van der Waals surface area (Å²) in [5.74, 6) is -5.57. The van der Waals surface area contributed by atoms with Gasteiger partial charge in [0.15, 0.2) is 5.60 Å². The monoisotopic (exact) mass is 439 g/mol. The van der Waals surface area contributed by atoms with Crippen molar-refractivity contribution in [1.82, 2.24) is 0 Å². The van der Waals surface area contributed by atoms with Crippen LogP contribution in [0.25, 0.3) is 0 Å². The lowest BCUT2D eigenvalue weighted by Gasteiger charge is -2.34. The second-order valence-electron chi connectivity index (χ2n) is 7.41. The number of esters is 2. The van der Waals surface area contributed by atoms with E-state index in [1.165, 1.54) is 18.2 Å². The van der Waals surface area contributed by atoms with E-state index < -0.39 is 65.3 Å². The maximum atomic E-state index is 13.3. The number of benzene rings is 1. The second-order valence-corrected chi connectivity index (χ2v) is 7.41. The standard InChI is InChI=1S/C20H16F3NO7/c1-9(25)29-18(30-10(2)26)19-7-6-13(31-19)14-15(19)17(28)24(16(14)27)12-5-3-4-11(8-12)20(21,22)23/h3-8,13-15,18H,1-2H3/t13-,14-,15+,19+/m1/s1. The van der Waals surface area contributed by atoms with Crippen molar-refractivity contribution in [3.63, 3.8) is 0 Å². The Morgan fingerprint density at radius 2 is 1.77 bits per heavy atom. The molecule has 0 aromatic heterocycles. The van der Waals surface area contributed by atoms with Gasteiger partial charge in [-0.2, -0.15) is 13.2 Å². The molecule has 3 aliphatic heterocycles. The Labute approximate surface area is 173 Å². The molecule has 4 rings (SSSR count). The van der Waals surface area contributed by atoms with Crippen LogP contribution >= 0.6 is 0 Å². The van der Waals surface area contributed by atoms with Crippen LogP contribution in [0.2, 0.25) is 0 Å². The summed E-state index contributed by atoms with van der Waals surface area (Å²) in [4.78, 5) is 50.1. The first-order valence-electron chi connectivity index (χ1n) is 9.22. The topological polar surface area (TPSA) is 99.2 Å². The van der Waals surface area contributed by atoms with Crippen LogP contribution in [0, 0.1) is 11.8 Å². The van der Waals surface area contributed by atoms with E-state index in [2.05, 4.69) is 0 Å². The first-order chi connectivity index (χ1) is 14.5. The first kappa shape index (κ1) is 21.0. The highest BCUT2D eigenvalue weighted by Gasteiger charge is 2.72. The van der Waals surface area contributed by atoms with E-state index in [1.807, 2.05) is 0 Å². The van der Waals surface area contributed by atoms with Crippen molar-refractivity contribution in [2.75, 3.05) is 4.90 Å². The van der Waals surface area contributed by atoms with Crippen LogP contribution in [0.15, 0.2) is 36.4 Å². The number of carbonyl (C=O) groups excluding carboxylic acids is 4. The molecule has 0 N–H and O–H groups in total. The molecule has 8 nitrogen and oxygen atoms in total. The lowest BCUT2D eigenvalue weighted by atomic mass is 9.76. The van der Waals surface area contributed by atoms with Gasteiger partial charge in [-0.15, -0.1) is 0 Å². The molecule has 2 saturated heterocycles. The average Bonchev–Trinajstić information content (AvgIpc) is 3.31. The highest BCUT2D eigenvalue weighted by molar-refractivity contribution is 6.23. The van der Waals surface area contributed by atoms with Crippen LogP contribution < -0.4 is 4.90 Å². The van der Waals surface area contributed by atoms with Gasteiger partial charge >= 0.3 is 18.1 Å². The smallest absolute Gasteiger partial charge is 0.416 e. The van der Waals surface area contributed by atoms with Crippen molar-refractivity contribution >= 4 is 29.4 Å². The fourth-order valence-electron chi connectivity index (χ4n) is 4.29. The van der Waals surface area contributed by atoms with Crippen molar-refractivity contribution < 1.29 is 46.6 Å². The molecule has 0 unspecified atom stereocenters. The Morgan fingerprint density at radius 3 is 2.35 bits per heavy atom. The third kappa shape index (κ3) is 3.19. The van der Waals surface area contributed by atoms with Crippen molar-refractivity contribution in [2.45, 2.75) is 38.0 Å². The normalized spacial score (nSPS) is 29.0. The van der Waals surface area contributed by atoms with E-state index in [1.54, 1.807) is 0 Å². The van der Waals surface area contributed by atoms with Crippen molar-refractivity contribution in [3.8, 4) is 0 Å². The number of amides is 2. The number of anilines is 1. The van der Waals surface area contributed by atoms with Gasteiger partial charge in [-0.1, -0.05) is 12.1 Å². The summed E-state index contributed by atoms with van der Waals surface area (Å²) in [6.07, 6.45) is -4.36. The molecule has 164 valence electrons. The van der Waals surface area contributed by atoms with E-state index in [-0.39, 0.29) is 5.69 Å². The molecule has 0 radical (unpaired) electrons. The number of alkyl halides is 3. The zero-order chi connectivity index (χ0) is 22.7. The maximum absolute atomic E-state index is 13.3. The molecular formula is C20H16F3NO7. The van der Waals surface area contributed by atoms with E-state index in [9.17, 15) is 32.3 Å². The van der Waals surface area contributed by atoms with E-state index in [0.717, 1.165) is 26.0 Å². The summed E-state index contributed by atoms with van der Waals surface area (Å²) in [5, 5.41) is 0. The van der Waals surface area contributed by atoms with Gasteiger partial charge in [-0.3, -0.25) is 19.2 Å². The molecule has 1 aromatic rings. The number of imide groups is 1. The highest BCUT2D eigenvalue weighted by Crippen LogP contribution is 2.54. The molecule has 4 atom stereocenters. The van der Waals surface area contributed by atoms with Crippen LogP contribution in [0.4, 0.5) is 18.9 Å². The lowest BCUT2D eigenvalue weighted by molar-refractivity contribution is -0.226. The van der Waals surface area contributed by atoms with Gasteiger partial charge in [0.1, 0.15) is 0 Å². The number of nitrogens with zero attached hydrogens (tertiary/aromatic N) is 1. The van der Waals surface area contributed by atoms with Gasteiger partial charge in [0, 0.05) is 13.8 Å². The average molecular weight is 439 g/mol. The zero-order valence-electron chi connectivity index (χ0n) is 16.2. The Bertz CT molecular complexity index is 1000. The van der Waals surface area contributed by atoms with Crippen molar-refractivity contribution in [3.05, 3.63) is 42.0 Å². The van der Waals surface area contributed by atoms with Crippen LogP contribution in [-0.4, -0.2) is 41.7 Å². The lowest BCUT2D eigenvalue weighted by Crippen LogP contribution is -2.52. The predicted octanol–water partition coefficient (Wildman–Crippen LogP) is 1.97. The van der Waals surface area contributed by atoms with Gasteiger partial charge in [-0.25, -0.2) is 4.90 Å². The van der Waals surface area contributed by atoms with Crippen LogP contribution in [0.3, 0.4) is 0 Å². The molecule has 11 heteroatoms. The number of hydrogen-bond acceptors (Lipinski definition) is 7. The minimum atomic E-state index is -4.67. The zero-order valence-corrected chi connectivity index (χ0v) is 16.2. The molecule has 2 amide bonds. The Kier molecular flexibility index (Phi) is 4.69. The van der Waals surface area contributed by atoms with Gasteiger partial charge in [0.05, 0.1) is 29.2 Å². The highest BCUT2D eigenvalue weighted by atomic mass is 19.4. The summed E-state index contributed by atoms with van der Waals surface area (Å²) < 4.78 is 55.3. The van der Waals surface area contributed by atoms with Crippen LogP contribution in [0.5, 0.6) is 0 Å². The molecule has 0 saturated carbocycles. The maximum Gasteiger partial charge on any atom is 0.416 e. The number of carbonyl (C=O) groups is 4. The summed E-state index contributed by atoms with van der Waals surface area (Å²) in [6, 6.07) is 3.83. The van der Waals surface area contributed by atoms with Gasteiger partial charge in [0.25, 0.3) is 6.29 Å². The Morgan fingerprint density at radius 1 is 1.13 bits per heavy atom. The Hall–Kier alpha value is -3.21. The molecule has 1 aromatic carbocycles. The number of rotatable bonds is 4. The van der Waals surface area contributed by atoms with Crippen molar-refractivity contribution in [2.24, 2.45) is 11.8 Å². The van der Waals surface area contributed by atoms with Crippen LogP contribution in [0.1, 0.15) is 19.4 Å². The summed E-state index contributed by atoms with van der Waals surface area (Å²) in [7, 11) is 0. The summed E-state index contributed by atoms with van der Waals surface area (Å²) in [6.45, 7) is 2.12. The third-order valence-corrected chi connectivity index (χ3v) is 5.42.